The number of halogens is 10. The van der Waals surface area contributed by atoms with E-state index in [9.17, 15) is 69.8 Å². The molecule has 0 aromatic heterocycles. The Hall–Kier alpha value is -0.960. The fourth-order valence-corrected chi connectivity index (χ4v) is 4.03. The summed E-state index contributed by atoms with van der Waals surface area (Å²) in [6.45, 7) is 12.9. The van der Waals surface area contributed by atoms with E-state index in [-0.39, 0.29) is 0 Å². The van der Waals surface area contributed by atoms with Gasteiger partial charge in [-0.1, -0.05) is 0 Å². The van der Waals surface area contributed by atoms with Gasteiger partial charge in [0.2, 0.25) is 0 Å². The maximum absolute atomic E-state index is 11.4. The highest BCUT2D eigenvalue weighted by Crippen LogP contribution is 2.39. The molecule has 0 N–H and O–H groups in total. The molecule has 2 heterocycles. The topological polar surface area (TPSA) is 114 Å². The largest absolute Gasteiger partial charge is 0.743 e. The number of hydrogen-bond donors (Lipinski definition) is 0. The summed E-state index contributed by atoms with van der Waals surface area (Å²) in [5, 5.41) is -12.4. The minimum Gasteiger partial charge on any atom is -0.743 e. The zero-order valence-electron chi connectivity index (χ0n) is 22.4. The monoisotopic (exact) mass is 654 g/mol. The van der Waals surface area contributed by atoms with Crippen LogP contribution in [0.3, 0.4) is 0 Å². The Labute approximate surface area is 228 Å². The SMILES string of the molecule is CC[N+]1(C)CCCCC1.CC[N+]1(C)CCCCC1.O=S(=O)([O-])C(F)(F)C(F)(F)F.O=S(=O)([O-])C(F)(F)C(F)(F)F. The van der Waals surface area contributed by atoms with Crippen molar-refractivity contribution in [3.63, 3.8) is 0 Å². The Morgan fingerprint density at radius 1 is 0.525 bits per heavy atom. The van der Waals surface area contributed by atoms with Crippen LogP contribution >= 0.6 is 0 Å². The van der Waals surface area contributed by atoms with Crippen LogP contribution < -0.4 is 0 Å². The number of hydrogen-bond acceptors (Lipinski definition) is 6. The van der Waals surface area contributed by atoms with Crippen molar-refractivity contribution in [2.75, 3.05) is 53.4 Å². The fourth-order valence-electron chi connectivity index (χ4n) is 3.47. The zero-order valence-corrected chi connectivity index (χ0v) is 24.1. The Bertz CT molecular complexity index is 881. The summed E-state index contributed by atoms with van der Waals surface area (Å²) in [5.74, 6) is 0. The number of rotatable bonds is 4. The van der Waals surface area contributed by atoms with Crippen LogP contribution in [0.5, 0.6) is 0 Å². The van der Waals surface area contributed by atoms with Crippen molar-refractivity contribution >= 4 is 20.2 Å². The van der Waals surface area contributed by atoms with Crippen LogP contribution in [0.4, 0.5) is 43.9 Å². The van der Waals surface area contributed by atoms with E-state index in [1.54, 1.807) is 0 Å². The molecule has 20 heteroatoms. The van der Waals surface area contributed by atoms with Gasteiger partial charge in [-0.25, -0.2) is 16.8 Å². The number of piperidine rings is 2. The molecule has 0 saturated carbocycles. The average Bonchev–Trinajstić information content (AvgIpc) is 2.78. The second-order valence-corrected chi connectivity index (χ2v) is 12.7. The van der Waals surface area contributed by atoms with Crippen LogP contribution in [-0.4, -0.2) is 111 Å². The molecule has 244 valence electrons. The van der Waals surface area contributed by atoms with Crippen LogP contribution in [-0.2, 0) is 20.2 Å². The minimum atomic E-state index is -6.67. The van der Waals surface area contributed by atoms with E-state index in [4.69, 9.17) is 0 Å². The van der Waals surface area contributed by atoms with Gasteiger partial charge in [0.1, 0.15) is 0 Å². The van der Waals surface area contributed by atoms with Gasteiger partial charge < -0.3 is 18.1 Å². The van der Waals surface area contributed by atoms with Crippen molar-refractivity contribution in [2.45, 2.75) is 75.2 Å². The Balaban J connectivity index is 0. The zero-order chi connectivity index (χ0) is 32.5. The van der Waals surface area contributed by atoms with E-state index in [1.165, 1.54) is 86.8 Å². The third-order valence-corrected chi connectivity index (χ3v) is 8.33. The van der Waals surface area contributed by atoms with Crippen LogP contribution in [0.2, 0.25) is 0 Å². The smallest absolute Gasteiger partial charge is 0.468 e. The normalized spacial score (nSPS) is 20.0. The predicted molar refractivity (Wildman–Crippen MR) is 122 cm³/mol. The molecule has 0 aromatic carbocycles. The maximum Gasteiger partial charge on any atom is 0.468 e. The highest BCUT2D eigenvalue weighted by atomic mass is 32.2. The van der Waals surface area contributed by atoms with Crippen molar-refractivity contribution < 1.29 is 78.8 Å². The molecular formula is C20H36F10N2O6S2. The molecule has 0 atom stereocenters. The third-order valence-electron chi connectivity index (χ3n) is 6.61. The summed E-state index contributed by atoms with van der Waals surface area (Å²) >= 11 is 0. The summed E-state index contributed by atoms with van der Waals surface area (Å²) in [5.41, 5.74) is 0. The Kier molecular flexibility index (Phi) is 15.4. The van der Waals surface area contributed by atoms with Gasteiger partial charge in [-0.15, -0.1) is 0 Å². The summed E-state index contributed by atoms with van der Waals surface area (Å²) in [6, 6.07) is 0. The quantitative estimate of drug-likeness (QED) is 0.248. The first kappa shape index (κ1) is 41.2. The van der Waals surface area contributed by atoms with Crippen molar-refractivity contribution in [2.24, 2.45) is 0 Å². The van der Waals surface area contributed by atoms with Crippen molar-refractivity contribution in [3.8, 4) is 0 Å². The van der Waals surface area contributed by atoms with Crippen molar-refractivity contribution in [1.82, 2.24) is 0 Å². The van der Waals surface area contributed by atoms with Crippen LogP contribution in [0.15, 0.2) is 0 Å². The first-order valence-electron chi connectivity index (χ1n) is 12.0. The molecule has 2 rings (SSSR count). The first-order chi connectivity index (χ1) is 17.5. The van der Waals surface area contributed by atoms with E-state index in [1.807, 2.05) is 0 Å². The third kappa shape index (κ3) is 12.9. The molecule has 2 aliphatic heterocycles. The van der Waals surface area contributed by atoms with Gasteiger partial charge in [0.25, 0.3) is 0 Å². The Morgan fingerprint density at radius 3 is 0.800 bits per heavy atom. The van der Waals surface area contributed by atoms with Crippen molar-refractivity contribution in [1.29, 1.82) is 0 Å². The van der Waals surface area contributed by atoms with E-state index < -0.39 is 43.1 Å². The van der Waals surface area contributed by atoms with E-state index in [0.717, 1.165) is 0 Å². The standard InChI is InChI=1S/2C8H18N.2C2HF5O3S/c2*1-3-9(2)7-5-4-6-8-9;2*3-1(4,5)2(6,7)11(8,9)10/h2*3-8H2,1-2H3;2*(H,8,9,10)/q2*+1;;/p-2. The molecule has 2 aliphatic rings. The first-order valence-corrected chi connectivity index (χ1v) is 14.8. The van der Waals surface area contributed by atoms with Gasteiger partial charge in [-0.05, 0) is 52.4 Å². The molecule has 0 unspecified atom stereocenters. The molecule has 40 heavy (non-hydrogen) atoms. The summed E-state index contributed by atoms with van der Waals surface area (Å²) in [4.78, 5) is 0. The summed E-state index contributed by atoms with van der Waals surface area (Å²) in [6.07, 6.45) is -3.98. The van der Waals surface area contributed by atoms with Gasteiger partial charge in [-0.2, -0.15) is 43.9 Å². The highest BCUT2D eigenvalue weighted by Gasteiger charge is 2.63. The minimum absolute atomic E-state index is 1.32. The van der Waals surface area contributed by atoms with Crippen LogP contribution in [0.25, 0.3) is 0 Å². The molecule has 0 aliphatic carbocycles. The van der Waals surface area contributed by atoms with E-state index >= 15 is 0 Å². The second-order valence-electron chi connectivity index (χ2n) is 9.82. The highest BCUT2D eigenvalue weighted by molar-refractivity contribution is 7.87. The van der Waals surface area contributed by atoms with Crippen molar-refractivity contribution in [3.05, 3.63) is 0 Å². The average molecular weight is 655 g/mol. The van der Waals surface area contributed by atoms with Gasteiger partial charge in [0.05, 0.1) is 53.4 Å². The van der Waals surface area contributed by atoms with Crippen LogP contribution in [0.1, 0.15) is 52.4 Å². The lowest BCUT2D eigenvalue weighted by Gasteiger charge is -2.36. The molecule has 2 saturated heterocycles. The number of likely N-dealkylation sites (tertiary alicyclic amines) is 2. The molecule has 2 fully saturated rings. The van der Waals surface area contributed by atoms with Gasteiger partial charge in [0.15, 0.2) is 20.2 Å². The molecular weight excluding hydrogens is 618 g/mol. The molecule has 0 spiro atoms. The van der Waals surface area contributed by atoms with E-state index in [0.29, 0.717) is 0 Å². The summed E-state index contributed by atoms with van der Waals surface area (Å²) in [7, 11) is -8.59. The van der Waals surface area contributed by atoms with Gasteiger partial charge >= 0.3 is 22.9 Å². The molecule has 0 amide bonds. The number of nitrogens with zero attached hydrogens (tertiary/aromatic N) is 2. The van der Waals surface area contributed by atoms with Crippen LogP contribution in [0, 0.1) is 0 Å². The van der Waals surface area contributed by atoms with Gasteiger partial charge in [-0.3, -0.25) is 0 Å². The molecule has 0 bridgehead atoms. The lowest BCUT2D eigenvalue weighted by atomic mass is 10.1. The van der Waals surface area contributed by atoms with E-state index in [2.05, 4.69) is 27.9 Å². The number of alkyl halides is 10. The maximum atomic E-state index is 11.4. The lowest BCUT2D eigenvalue weighted by molar-refractivity contribution is -0.912. The number of quaternary nitrogens is 2. The predicted octanol–water partition coefficient (Wildman–Crippen LogP) is 4.65. The Morgan fingerprint density at radius 2 is 0.725 bits per heavy atom. The molecule has 8 nitrogen and oxygen atoms in total. The lowest BCUT2D eigenvalue weighted by Crippen LogP contribution is -2.47. The summed E-state index contributed by atoms with van der Waals surface area (Å²) < 4.78 is 170. The fraction of sp³-hybridized carbons (Fsp3) is 1.00. The van der Waals surface area contributed by atoms with Gasteiger partial charge in [0, 0.05) is 0 Å². The molecule has 0 aromatic rings. The molecule has 0 radical (unpaired) electrons. The second kappa shape index (κ2) is 15.0.